The molecular weight excluding hydrogens is 1250 g/mol. The first-order chi connectivity index (χ1) is 45.6. The van der Waals surface area contributed by atoms with Gasteiger partial charge in [-0.1, -0.05) is 331 Å². The highest BCUT2D eigenvalue weighted by atomic mass is 31.2. The van der Waals surface area contributed by atoms with E-state index in [1.54, 1.807) is 0 Å². The number of phosphoric acid groups is 2. The lowest BCUT2D eigenvalue weighted by Gasteiger charge is -2.21. The molecule has 19 heteroatoms. The molecule has 0 aliphatic rings. The maximum atomic E-state index is 13.1. The molecule has 0 radical (unpaired) electrons. The maximum Gasteiger partial charge on any atom is 0.472 e. The van der Waals surface area contributed by atoms with Gasteiger partial charge in [0.2, 0.25) is 0 Å². The van der Waals surface area contributed by atoms with Gasteiger partial charge in [0.25, 0.3) is 0 Å². The zero-order valence-corrected chi connectivity index (χ0v) is 64.1. The zero-order chi connectivity index (χ0) is 70.3. The van der Waals surface area contributed by atoms with Gasteiger partial charge in [0.1, 0.15) is 19.3 Å². The predicted octanol–water partition coefficient (Wildman–Crippen LogP) is 22.0. The number of unbranched alkanes of at least 4 members (excludes halogenated alkanes) is 39. The Morgan fingerprint density at radius 3 is 0.653 bits per heavy atom. The van der Waals surface area contributed by atoms with E-state index in [-0.39, 0.29) is 25.7 Å². The van der Waals surface area contributed by atoms with Crippen molar-refractivity contribution in [1.29, 1.82) is 0 Å². The summed E-state index contributed by atoms with van der Waals surface area (Å²) in [5.41, 5.74) is 0. The van der Waals surface area contributed by atoms with Crippen molar-refractivity contribution in [3.05, 3.63) is 0 Å². The van der Waals surface area contributed by atoms with Crippen molar-refractivity contribution in [2.45, 2.75) is 401 Å². The maximum absolute atomic E-state index is 13.1. The van der Waals surface area contributed by atoms with Crippen LogP contribution in [-0.2, 0) is 65.4 Å². The normalized spacial score (nSPS) is 14.1. The quantitative estimate of drug-likeness (QED) is 0.0222. The molecule has 2 unspecified atom stereocenters. The molecule has 0 aliphatic carbocycles. The fraction of sp³-hybridized carbons (Fsp3) is 0.947. The molecular formula is C76H148O17P2. The first kappa shape index (κ1) is 93.1. The summed E-state index contributed by atoms with van der Waals surface area (Å²) in [6.07, 6.45) is 50.2. The van der Waals surface area contributed by atoms with Gasteiger partial charge in [0, 0.05) is 25.7 Å². The molecule has 0 amide bonds. The van der Waals surface area contributed by atoms with E-state index in [4.69, 9.17) is 37.0 Å². The Hall–Kier alpha value is -1.94. The third-order valence-corrected chi connectivity index (χ3v) is 19.5. The molecule has 0 saturated heterocycles. The zero-order valence-electron chi connectivity index (χ0n) is 62.3. The van der Waals surface area contributed by atoms with E-state index in [9.17, 15) is 43.2 Å². The Morgan fingerprint density at radius 1 is 0.263 bits per heavy atom. The molecule has 0 aromatic carbocycles. The van der Waals surface area contributed by atoms with Crippen LogP contribution in [-0.4, -0.2) is 96.7 Å². The van der Waals surface area contributed by atoms with Crippen LogP contribution in [0.2, 0.25) is 0 Å². The molecule has 0 fully saturated rings. The van der Waals surface area contributed by atoms with Crippen LogP contribution in [0.3, 0.4) is 0 Å². The van der Waals surface area contributed by atoms with E-state index >= 15 is 0 Å². The summed E-state index contributed by atoms with van der Waals surface area (Å²) in [5, 5.41) is 10.6. The van der Waals surface area contributed by atoms with Gasteiger partial charge in [-0.2, -0.15) is 0 Å². The molecule has 564 valence electrons. The first-order valence-electron chi connectivity index (χ1n) is 39.2. The lowest BCUT2D eigenvalue weighted by atomic mass is 10.0. The minimum absolute atomic E-state index is 0.104. The molecule has 0 saturated carbocycles. The van der Waals surface area contributed by atoms with E-state index in [0.717, 1.165) is 114 Å². The van der Waals surface area contributed by atoms with E-state index in [1.807, 2.05) is 0 Å². The van der Waals surface area contributed by atoms with Gasteiger partial charge < -0.3 is 33.8 Å². The Labute approximate surface area is 581 Å². The Morgan fingerprint density at radius 2 is 0.442 bits per heavy atom. The SMILES string of the molecule is CC(C)CCCCCCCCCCCCCCCCCCC(=O)O[C@H](COC(=O)CCCCCCCCCCCCCCC(C)C)COP(=O)(O)OC[C@@H](O)COP(=O)(O)OC[C@@H](COC(=O)CCCCCCCCC(C)C)OC(=O)CCCCCCCCCCCC(C)C. The summed E-state index contributed by atoms with van der Waals surface area (Å²) in [7, 11) is -9.91. The average molecular weight is 1400 g/mol. The lowest BCUT2D eigenvalue weighted by molar-refractivity contribution is -0.161. The topological polar surface area (TPSA) is 237 Å². The van der Waals surface area contributed by atoms with E-state index in [1.165, 1.54) is 180 Å². The van der Waals surface area contributed by atoms with Crippen molar-refractivity contribution in [3.63, 3.8) is 0 Å². The number of hydrogen-bond acceptors (Lipinski definition) is 15. The third kappa shape index (κ3) is 70.3. The summed E-state index contributed by atoms with van der Waals surface area (Å²) in [6.45, 7) is 14.1. The molecule has 17 nitrogen and oxygen atoms in total. The average Bonchev–Trinajstić information content (AvgIpc) is 1.76. The van der Waals surface area contributed by atoms with E-state index in [0.29, 0.717) is 31.6 Å². The molecule has 3 N–H and O–H groups in total. The number of ether oxygens (including phenoxy) is 4. The highest BCUT2D eigenvalue weighted by Crippen LogP contribution is 2.45. The summed E-state index contributed by atoms with van der Waals surface area (Å²) >= 11 is 0. The first-order valence-corrected chi connectivity index (χ1v) is 42.2. The van der Waals surface area contributed by atoms with Gasteiger partial charge in [-0.15, -0.1) is 0 Å². The molecule has 0 aliphatic heterocycles. The van der Waals surface area contributed by atoms with E-state index in [2.05, 4.69) is 55.4 Å². The van der Waals surface area contributed by atoms with Crippen LogP contribution in [0.15, 0.2) is 0 Å². The number of esters is 4. The second kappa shape index (κ2) is 65.4. The minimum atomic E-state index is -4.96. The smallest absolute Gasteiger partial charge is 0.462 e. The Bertz CT molecular complexity index is 1870. The molecule has 0 heterocycles. The summed E-state index contributed by atoms with van der Waals surface area (Å²) in [5.74, 6) is 0.884. The van der Waals surface area contributed by atoms with Crippen LogP contribution in [0.1, 0.15) is 383 Å². The fourth-order valence-electron chi connectivity index (χ4n) is 11.6. The number of carbonyl (C=O) groups is 4. The van der Waals surface area contributed by atoms with Gasteiger partial charge in [-0.25, -0.2) is 9.13 Å². The highest BCUT2D eigenvalue weighted by molar-refractivity contribution is 7.47. The van der Waals surface area contributed by atoms with Crippen molar-refractivity contribution >= 4 is 39.5 Å². The lowest BCUT2D eigenvalue weighted by Crippen LogP contribution is -2.30. The van der Waals surface area contributed by atoms with Gasteiger partial charge in [-0.05, 0) is 49.4 Å². The van der Waals surface area contributed by atoms with Crippen LogP contribution in [0, 0.1) is 23.7 Å². The summed E-state index contributed by atoms with van der Waals surface area (Å²) < 4.78 is 68.5. The molecule has 95 heavy (non-hydrogen) atoms. The van der Waals surface area contributed by atoms with Crippen LogP contribution < -0.4 is 0 Å². The number of rotatable bonds is 73. The monoisotopic (exact) mass is 1400 g/mol. The van der Waals surface area contributed by atoms with Gasteiger partial charge in [0.05, 0.1) is 26.4 Å². The second-order valence-electron chi connectivity index (χ2n) is 29.3. The van der Waals surface area contributed by atoms with Crippen molar-refractivity contribution in [2.24, 2.45) is 23.7 Å². The number of aliphatic hydroxyl groups excluding tert-OH is 1. The van der Waals surface area contributed by atoms with Gasteiger partial charge in [0.15, 0.2) is 12.2 Å². The number of aliphatic hydroxyl groups is 1. The van der Waals surface area contributed by atoms with Crippen LogP contribution in [0.25, 0.3) is 0 Å². The van der Waals surface area contributed by atoms with Crippen molar-refractivity contribution < 1.29 is 80.2 Å². The third-order valence-electron chi connectivity index (χ3n) is 17.6. The standard InChI is InChI=1S/C76H148O17P2/c1-66(2)52-44-36-28-22-17-13-11-9-10-12-14-20-26-32-42-50-58-75(80)92-71(62-86-73(78)56-48-40-31-25-19-16-15-18-23-29-37-45-53-67(3)4)64-90-94(82,83)88-60-70(77)61-89-95(84,85)91-65-72(63-87-74(79)57-49-41-35-34-39-47-55-69(7)8)93-76(81)59-51-43-33-27-21-24-30-38-46-54-68(5)6/h66-72,77H,9-65H2,1-8H3,(H,82,83)(H,84,85)/t70-,71-,72-/m1/s1. The van der Waals surface area contributed by atoms with Crippen LogP contribution >= 0.6 is 15.6 Å². The van der Waals surface area contributed by atoms with Crippen molar-refractivity contribution in [2.75, 3.05) is 39.6 Å². The molecule has 0 rings (SSSR count). The summed E-state index contributed by atoms with van der Waals surface area (Å²) in [6, 6.07) is 0. The van der Waals surface area contributed by atoms with Crippen LogP contribution in [0.5, 0.6) is 0 Å². The predicted molar refractivity (Wildman–Crippen MR) is 386 cm³/mol. The van der Waals surface area contributed by atoms with E-state index < -0.39 is 97.5 Å². The van der Waals surface area contributed by atoms with Gasteiger partial charge >= 0.3 is 39.5 Å². The number of phosphoric ester groups is 2. The molecule has 0 spiro atoms. The summed E-state index contributed by atoms with van der Waals surface area (Å²) in [4.78, 5) is 72.8. The second-order valence-corrected chi connectivity index (χ2v) is 32.2. The Balaban J connectivity index is 5.23. The molecule has 0 bridgehead atoms. The van der Waals surface area contributed by atoms with Crippen molar-refractivity contribution in [3.8, 4) is 0 Å². The minimum Gasteiger partial charge on any atom is -0.462 e. The van der Waals surface area contributed by atoms with Crippen molar-refractivity contribution in [1.82, 2.24) is 0 Å². The molecule has 0 aromatic heterocycles. The highest BCUT2D eigenvalue weighted by Gasteiger charge is 2.30. The number of carbonyl (C=O) groups excluding carboxylic acids is 4. The van der Waals surface area contributed by atoms with Crippen LogP contribution in [0.4, 0.5) is 0 Å². The largest absolute Gasteiger partial charge is 0.472 e. The number of hydrogen-bond donors (Lipinski definition) is 3. The van der Waals surface area contributed by atoms with Gasteiger partial charge in [-0.3, -0.25) is 37.3 Å². The molecule has 0 aromatic rings. The Kier molecular flexibility index (Phi) is 64.0. The molecule has 5 atom stereocenters. The fourth-order valence-corrected chi connectivity index (χ4v) is 13.1.